The topological polar surface area (TPSA) is 99.7 Å². The molecule has 4 rings (SSSR count). The highest BCUT2D eigenvalue weighted by Gasteiger charge is 2.41. The summed E-state index contributed by atoms with van der Waals surface area (Å²) in [6.07, 6.45) is 7.93. The fourth-order valence-electron chi connectivity index (χ4n) is 3.13. The molecule has 2 aromatic rings. The summed E-state index contributed by atoms with van der Waals surface area (Å²) < 4.78 is 1.86. The summed E-state index contributed by atoms with van der Waals surface area (Å²) in [6, 6.07) is 0.491. The molecular formula is C14H18N6O. The number of hydrogen-bond donors (Lipinski definition) is 3. The van der Waals surface area contributed by atoms with Gasteiger partial charge in [-0.2, -0.15) is 0 Å². The average Bonchev–Trinajstić information content (AvgIpc) is 3.07. The molecule has 0 radical (unpaired) electrons. The molecule has 0 aromatic carbocycles. The summed E-state index contributed by atoms with van der Waals surface area (Å²) >= 11 is 0. The SMILES string of the molecule is N=C1CCCC1(CO)n1cnc2c(NC3CC3)ncnc21. The number of fused-ring (bicyclic) bond motifs is 1. The third kappa shape index (κ3) is 1.84. The van der Waals surface area contributed by atoms with Gasteiger partial charge in [0.1, 0.15) is 17.4 Å². The maximum atomic E-state index is 9.89. The molecule has 0 bridgehead atoms. The van der Waals surface area contributed by atoms with E-state index in [1.54, 1.807) is 6.33 Å². The zero-order valence-electron chi connectivity index (χ0n) is 11.7. The molecule has 2 aliphatic carbocycles. The predicted octanol–water partition coefficient (Wildman–Crippen LogP) is 1.29. The lowest BCUT2D eigenvalue weighted by atomic mass is 9.96. The molecule has 1 atom stereocenters. The van der Waals surface area contributed by atoms with Crippen molar-refractivity contribution in [1.82, 2.24) is 19.5 Å². The minimum absolute atomic E-state index is 0.0906. The molecule has 7 heteroatoms. The second-order valence-electron chi connectivity index (χ2n) is 5.95. The van der Waals surface area contributed by atoms with Gasteiger partial charge in [-0.3, -0.25) is 0 Å². The number of hydrogen-bond acceptors (Lipinski definition) is 6. The van der Waals surface area contributed by atoms with Gasteiger partial charge in [-0.15, -0.1) is 0 Å². The zero-order valence-corrected chi connectivity index (χ0v) is 11.7. The third-order valence-electron chi connectivity index (χ3n) is 4.55. The Bertz CT molecular complexity index is 707. The maximum Gasteiger partial charge on any atom is 0.166 e. The van der Waals surface area contributed by atoms with Crippen molar-refractivity contribution < 1.29 is 5.11 Å². The summed E-state index contributed by atoms with van der Waals surface area (Å²) in [5.41, 5.74) is 1.28. The first-order valence-electron chi connectivity index (χ1n) is 7.38. The van der Waals surface area contributed by atoms with E-state index in [1.165, 1.54) is 6.33 Å². The maximum absolute atomic E-state index is 9.89. The first-order valence-corrected chi connectivity index (χ1v) is 7.38. The Hall–Kier alpha value is -2.02. The van der Waals surface area contributed by atoms with Gasteiger partial charge in [0.25, 0.3) is 0 Å². The van der Waals surface area contributed by atoms with Gasteiger partial charge in [0.15, 0.2) is 11.5 Å². The molecule has 2 heterocycles. The number of aliphatic hydroxyl groups is 1. The quantitative estimate of drug-likeness (QED) is 0.786. The van der Waals surface area contributed by atoms with Crippen LogP contribution in [-0.2, 0) is 5.54 Å². The fraction of sp³-hybridized carbons (Fsp3) is 0.571. The van der Waals surface area contributed by atoms with E-state index in [4.69, 9.17) is 5.41 Å². The number of imidazole rings is 1. The first-order chi connectivity index (χ1) is 10.2. The van der Waals surface area contributed by atoms with Crippen LogP contribution in [0.15, 0.2) is 12.7 Å². The van der Waals surface area contributed by atoms with Crippen molar-refractivity contribution in [3.63, 3.8) is 0 Å². The predicted molar refractivity (Wildman–Crippen MR) is 78.6 cm³/mol. The van der Waals surface area contributed by atoms with Gasteiger partial charge in [-0.1, -0.05) is 0 Å². The molecule has 0 amide bonds. The lowest BCUT2D eigenvalue weighted by molar-refractivity contribution is 0.189. The number of nitrogens with one attached hydrogen (secondary N) is 2. The minimum atomic E-state index is -0.681. The number of rotatable bonds is 4. The van der Waals surface area contributed by atoms with Gasteiger partial charge in [0, 0.05) is 11.8 Å². The highest BCUT2D eigenvalue weighted by atomic mass is 16.3. The Balaban J connectivity index is 1.84. The molecule has 0 aliphatic heterocycles. The van der Waals surface area contributed by atoms with Crippen LogP contribution < -0.4 is 5.32 Å². The summed E-state index contributed by atoms with van der Waals surface area (Å²) in [7, 11) is 0. The van der Waals surface area contributed by atoms with Crippen molar-refractivity contribution in [2.24, 2.45) is 0 Å². The van der Waals surface area contributed by atoms with Crippen molar-refractivity contribution >= 4 is 22.7 Å². The van der Waals surface area contributed by atoms with Crippen LogP contribution in [0, 0.1) is 5.41 Å². The molecule has 2 saturated carbocycles. The Labute approximate surface area is 121 Å². The summed E-state index contributed by atoms with van der Waals surface area (Å²) in [5.74, 6) is 0.749. The smallest absolute Gasteiger partial charge is 0.166 e. The van der Waals surface area contributed by atoms with Gasteiger partial charge >= 0.3 is 0 Å². The second kappa shape index (κ2) is 4.49. The van der Waals surface area contributed by atoms with Crippen molar-refractivity contribution in [3.05, 3.63) is 12.7 Å². The Kier molecular flexibility index (Phi) is 2.72. The normalized spacial score (nSPS) is 25.7. The standard InChI is InChI=1S/C14H18N6O/c15-10-2-1-5-14(10,6-21)20-8-18-11-12(19-9-3-4-9)16-7-17-13(11)20/h7-9,15,21H,1-6H2,(H,16,17,19). The molecule has 21 heavy (non-hydrogen) atoms. The fourth-order valence-corrected chi connectivity index (χ4v) is 3.13. The van der Waals surface area contributed by atoms with E-state index in [1.807, 2.05) is 4.57 Å². The molecule has 7 nitrogen and oxygen atoms in total. The second-order valence-corrected chi connectivity index (χ2v) is 5.95. The van der Waals surface area contributed by atoms with E-state index in [0.717, 1.165) is 43.4 Å². The lowest BCUT2D eigenvalue weighted by Crippen LogP contribution is -2.40. The molecule has 110 valence electrons. The molecular weight excluding hydrogens is 268 g/mol. The van der Waals surface area contributed by atoms with Crippen LogP contribution in [0.25, 0.3) is 11.2 Å². The number of aliphatic hydroxyl groups excluding tert-OH is 1. The van der Waals surface area contributed by atoms with E-state index in [-0.39, 0.29) is 6.61 Å². The number of nitrogens with zero attached hydrogens (tertiary/aromatic N) is 4. The highest BCUT2D eigenvalue weighted by molar-refractivity contribution is 5.93. The van der Waals surface area contributed by atoms with Crippen molar-refractivity contribution in [1.29, 1.82) is 5.41 Å². The highest BCUT2D eigenvalue weighted by Crippen LogP contribution is 2.36. The van der Waals surface area contributed by atoms with E-state index in [0.29, 0.717) is 17.4 Å². The number of aromatic nitrogens is 4. The van der Waals surface area contributed by atoms with Crippen LogP contribution >= 0.6 is 0 Å². The minimum Gasteiger partial charge on any atom is -0.394 e. The van der Waals surface area contributed by atoms with Crippen LogP contribution in [0.5, 0.6) is 0 Å². The van der Waals surface area contributed by atoms with Gasteiger partial charge in [0.05, 0.1) is 12.9 Å². The van der Waals surface area contributed by atoms with Gasteiger partial charge in [-0.25, -0.2) is 15.0 Å². The van der Waals surface area contributed by atoms with Gasteiger partial charge in [0.2, 0.25) is 0 Å². The average molecular weight is 286 g/mol. The lowest BCUT2D eigenvalue weighted by Gasteiger charge is -2.28. The van der Waals surface area contributed by atoms with Crippen LogP contribution in [-0.4, -0.2) is 43.0 Å². The summed E-state index contributed by atoms with van der Waals surface area (Å²) in [4.78, 5) is 13.1. The third-order valence-corrected chi connectivity index (χ3v) is 4.55. The van der Waals surface area contributed by atoms with Crippen molar-refractivity contribution in [2.75, 3.05) is 11.9 Å². The molecule has 2 aromatic heterocycles. The van der Waals surface area contributed by atoms with Crippen molar-refractivity contribution in [2.45, 2.75) is 43.7 Å². The van der Waals surface area contributed by atoms with E-state index in [9.17, 15) is 5.11 Å². The number of anilines is 1. The van der Waals surface area contributed by atoms with E-state index < -0.39 is 5.54 Å². The van der Waals surface area contributed by atoms with Crippen LogP contribution in [0.2, 0.25) is 0 Å². The van der Waals surface area contributed by atoms with Gasteiger partial charge in [-0.05, 0) is 32.1 Å². The largest absolute Gasteiger partial charge is 0.394 e. The summed E-state index contributed by atoms with van der Waals surface area (Å²) in [6.45, 7) is -0.0906. The summed E-state index contributed by atoms with van der Waals surface area (Å²) in [5, 5.41) is 21.5. The van der Waals surface area contributed by atoms with Crippen molar-refractivity contribution in [3.8, 4) is 0 Å². The molecule has 0 spiro atoms. The van der Waals surface area contributed by atoms with Crippen LogP contribution in [0.1, 0.15) is 32.1 Å². The van der Waals surface area contributed by atoms with E-state index >= 15 is 0 Å². The molecule has 0 saturated heterocycles. The van der Waals surface area contributed by atoms with Crippen LogP contribution in [0.4, 0.5) is 5.82 Å². The Morgan fingerprint density at radius 1 is 1.38 bits per heavy atom. The Morgan fingerprint density at radius 2 is 2.24 bits per heavy atom. The zero-order chi connectivity index (χ0) is 14.4. The molecule has 3 N–H and O–H groups in total. The first kappa shape index (κ1) is 12.7. The van der Waals surface area contributed by atoms with Gasteiger partial charge < -0.3 is 20.4 Å². The monoisotopic (exact) mass is 286 g/mol. The molecule has 2 aliphatic rings. The van der Waals surface area contributed by atoms with Crippen LogP contribution in [0.3, 0.4) is 0 Å². The van der Waals surface area contributed by atoms with E-state index in [2.05, 4.69) is 20.3 Å². The Morgan fingerprint density at radius 3 is 2.90 bits per heavy atom. The molecule has 2 fully saturated rings. The molecule has 1 unspecified atom stereocenters.